The first-order chi connectivity index (χ1) is 9.61. The number of aryl methyl sites for hydroxylation is 1. The van der Waals surface area contributed by atoms with Gasteiger partial charge in [0, 0.05) is 36.6 Å². The van der Waals surface area contributed by atoms with Crippen LogP contribution >= 0.6 is 0 Å². The molecule has 1 saturated heterocycles. The Morgan fingerprint density at radius 1 is 1.55 bits per heavy atom. The van der Waals surface area contributed by atoms with Crippen molar-refractivity contribution in [2.45, 2.75) is 39.7 Å². The lowest BCUT2D eigenvalue weighted by Crippen LogP contribution is -2.50. The van der Waals surface area contributed by atoms with Crippen LogP contribution in [0.15, 0.2) is 18.3 Å². The van der Waals surface area contributed by atoms with E-state index in [9.17, 15) is 4.79 Å². The van der Waals surface area contributed by atoms with Crippen molar-refractivity contribution < 1.29 is 4.79 Å². The van der Waals surface area contributed by atoms with Gasteiger partial charge in [0.05, 0.1) is 0 Å². The van der Waals surface area contributed by atoms with Crippen molar-refractivity contribution in [2.24, 2.45) is 5.92 Å². The molecule has 2 atom stereocenters. The van der Waals surface area contributed by atoms with Crippen LogP contribution in [0.2, 0.25) is 0 Å². The van der Waals surface area contributed by atoms with Crippen molar-refractivity contribution in [3.05, 3.63) is 29.6 Å². The Labute approximate surface area is 121 Å². The van der Waals surface area contributed by atoms with Crippen LogP contribution in [0.3, 0.4) is 0 Å². The van der Waals surface area contributed by atoms with Crippen molar-refractivity contribution in [3.8, 4) is 0 Å². The number of hydrogen-bond donors (Lipinski definition) is 1. The highest BCUT2D eigenvalue weighted by Crippen LogP contribution is 2.19. The minimum Gasteiger partial charge on any atom is -0.338 e. The lowest BCUT2D eigenvalue weighted by molar-refractivity contribution is 0.0645. The molecule has 1 N–H and O–H groups in total. The molecular weight excluding hydrogens is 250 g/mol. The molecule has 1 amide bonds. The first-order valence-electron chi connectivity index (χ1n) is 7.57. The van der Waals surface area contributed by atoms with Gasteiger partial charge in [-0.3, -0.25) is 9.78 Å². The molecule has 110 valence electrons. The summed E-state index contributed by atoms with van der Waals surface area (Å²) in [4.78, 5) is 18.6. The first-order valence-corrected chi connectivity index (χ1v) is 7.57. The third kappa shape index (κ3) is 3.57. The largest absolute Gasteiger partial charge is 0.338 e. The van der Waals surface area contributed by atoms with Crippen LogP contribution in [-0.4, -0.2) is 41.5 Å². The molecule has 1 aromatic rings. The summed E-state index contributed by atoms with van der Waals surface area (Å²) in [5, 5.41) is 3.58. The maximum atomic E-state index is 12.5. The number of nitrogens with one attached hydrogen (secondary N) is 1. The Morgan fingerprint density at radius 3 is 3.00 bits per heavy atom. The average Bonchev–Trinajstić information content (AvgIpc) is 2.45. The second-order valence-corrected chi connectivity index (χ2v) is 5.76. The monoisotopic (exact) mass is 275 g/mol. The highest BCUT2D eigenvalue weighted by atomic mass is 16.2. The molecule has 1 aliphatic rings. The maximum absolute atomic E-state index is 12.5. The van der Waals surface area contributed by atoms with Crippen LogP contribution in [0, 0.1) is 12.8 Å². The van der Waals surface area contributed by atoms with Gasteiger partial charge in [0.1, 0.15) is 0 Å². The van der Waals surface area contributed by atoms with Crippen molar-refractivity contribution in [1.82, 2.24) is 15.2 Å². The molecule has 1 aliphatic heterocycles. The minimum atomic E-state index is 0.135. The van der Waals surface area contributed by atoms with Crippen LogP contribution in [0.1, 0.15) is 42.7 Å². The number of hydrogen-bond acceptors (Lipinski definition) is 3. The highest BCUT2D eigenvalue weighted by Gasteiger charge is 2.28. The number of carbonyl (C=O) groups is 1. The van der Waals surface area contributed by atoms with E-state index in [-0.39, 0.29) is 5.91 Å². The fraction of sp³-hybridized carbons (Fsp3) is 0.625. The minimum absolute atomic E-state index is 0.135. The molecular formula is C16H25N3O. The second kappa shape index (κ2) is 6.84. The fourth-order valence-electron chi connectivity index (χ4n) is 2.82. The van der Waals surface area contributed by atoms with Gasteiger partial charge in [-0.1, -0.05) is 13.8 Å². The fourth-order valence-corrected chi connectivity index (χ4v) is 2.82. The first kappa shape index (κ1) is 15.0. The predicted octanol–water partition coefficient (Wildman–Crippen LogP) is 2.24. The summed E-state index contributed by atoms with van der Waals surface area (Å²) in [5.41, 5.74) is 1.65. The van der Waals surface area contributed by atoms with E-state index in [0.717, 1.165) is 43.7 Å². The number of aromatic nitrogens is 1. The van der Waals surface area contributed by atoms with Gasteiger partial charge >= 0.3 is 0 Å². The molecule has 2 heterocycles. The van der Waals surface area contributed by atoms with Crippen molar-refractivity contribution >= 4 is 5.91 Å². The van der Waals surface area contributed by atoms with Gasteiger partial charge in [0.2, 0.25) is 0 Å². The number of amides is 1. The molecule has 0 bridgehead atoms. The van der Waals surface area contributed by atoms with Gasteiger partial charge in [-0.05, 0) is 44.4 Å². The standard InChI is InChI=1S/C16H25N3O/c1-4-7-18-15-6-9-19(11-12(15)2)16(20)14-5-8-17-13(3)10-14/h5,8,10,12,15,18H,4,6-7,9,11H2,1-3H3. The van der Waals surface area contributed by atoms with Gasteiger partial charge in [-0.2, -0.15) is 0 Å². The maximum Gasteiger partial charge on any atom is 0.253 e. The lowest BCUT2D eigenvalue weighted by Gasteiger charge is -2.37. The molecule has 0 spiro atoms. The molecule has 0 aromatic carbocycles. The van der Waals surface area contributed by atoms with Crippen molar-refractivity contribution in [1.29, 1.82) is 0 Å². The van der Waals surface area contributed by atoms with Crippen LogP contribution in [0.4, 0.5) is 0 Å². The Balaban J connectivity index is 1.97. The summed E-state index contributed by atoms with van der Waals surface area (Å²) in [6.45, 7) is 9.06. The van der Waals surface area contributed by atoms with E-state index in [4.69, 9.17) is 0 Å². The van der Waals surface area contributed by atoms with E-state index in [0.29, 0.717) is 12.0 Å². The summed E-state index contributed by atoms with van der Waals surface area (Å²) < 4.78 is 0. The van der Waals surface area contributed by atoms with Gasteiger partial charge in [0.25, 0.3) is 5.91 Å². The second-order valence-electron chi connectivity index (χ2n) is 5.76. The molecule has 4 nitrogen and oxygen atoms in total. The molecule has 2 unspecified atom stereocenters. The molecule has 2 rings (SSSR count). The van der Waals surface area contributed by atoms with Gasteiger partial charge in [-0.25, -0.2) is 0 Å². The Hall–Kier alpha value is -1.42. The van der Waals surface area contributed by atoms with Gasteiger partial charge in [-0.15, -0.1) is 0 Å². The molecule has 0 aliphatic carbocycles. The van der Waals surface area contributed by atoms with E-state index in [1.165, 1.54) is 0 Å². The third-order valence-electron chi connectivity index (χ3n) is 3.99. The Bertz CT molecular complexity index is 461. The summed E-state index contributed by atoms with van der Waals surface area (Å²) in [6, 6.07) is 4.22. The molecule has 4 heteroatoms. The highest BCUT2D eigenvalue weighted by molar-refractivity contribution is 5.94. The van der Waals surface area contributed by atoms with Crippen LogP contribution < -0.4 is 5.32 Å². The SMILES string of the molecule is CCCNC1CCN(C(=O)c2ccnc(C)c2)CC1C. The van der Waals surface area contributed by atoms with E-state index in [1.54, 1.807) is 12.3 Å². The molecule has 1 fully saturated rings. The zero-order valence-electron chi connectivity index (χ0n) is 12.7. The van der Waals surface area contributed by atoms with E-state index in [2.05, 4.69) is 24.1 Å². The molecule has 0 saturated carbocycles. The number of nitrogens with zero attached hydrogens (tertiary/aromatic N) is 2. The van der Waals surface area contributed by atoms with Crippen LogP contribution in [0.5, 0.6) is 0 Å². The Morgan fingerprint density at radius 2 is 2.35 bits per heavy atom. The van der Waals surface area contributed by atoms with E-state index >= 15 is 0 Å². The van der Waals surface area contributed by atoms with Gasteiger partial charge in [0.15, 0.2) is 0 Å². The summed E-state index contributed by atoms with van der Waals surface area (Å²) in [5.74, 6) is 0.637. The topological polar surface area (TPSA) is 45.2 Å². The van der Waals surface area contributed by atoms with E-state index < -0.39 is 0 Å². The number of rotatable bonds is 4. The summed E-state index contributed by atoms with van der Waals surface area (Å²) >= 11 is 0. The zero-order valence-corrected chi connectivity index (χ0v) is 12.7. The zero-order chi connectivity index (χ0) is 14.5. The number of pyridine rings is 1. The van der Waals surface area contributed by atoms with Crippen molar-refractivity contribution in [3.63, 3.8) is 0 Å². The molecule has 20 heavy (non-hydrogen) atoms. The lowest BCUT2D eigenvalue weighted by atomic mass is 9.93. The molecule has 0 radical (unpaired) electrons. The van der Waals surface area contributed by atoms with Crippen LogP contribution in [0.25, 0.3) is 0 Å². The average molecular weight is 275 g/mol. The smallest absolute Gasteiger partial charge is 0.253 e. The summed E-state index contributed by atoms with van der Waals surface area (Å²) in [6.07, 6.45) is 3.90. The van der Waals surface area contributed by atoms with Crippen LogP contribution in [-0.2, 0) is 0 Å². The van der Waals surface area contributed by atoms with Gasteiger partial charge < -0.3 is 10.2 Å². The normalized spacial score (nSPS) is 22.9. The Kier molecular flexibility index (Phi) is 5.12. The number of likely N-dealkylation sites (tertiary alicyclic amines) is 1. The van der Waals surface area contributed by atoms with E-state index in [1.807, 2.05) is 17.9 Å². The number of carbonyl (C=O) groups excluding carboxylic acids is 1. The third-order valence-corrected chi connectivity index (χ3v) is 3.99. The molecule has 1 aromatic heterocycles. The predicted molar refractivity (Wildman–Crippen MR) is 80.7 cm³/mol. The quantitative estimate of drug-likeness (QED) is 0.916. The van der Waals surface area contributed by atoms with Crippen molar-refractivity contribution in [2.75, 3.05) is 19.6 Å². The summed E-state index contributed by atoms with van der Waals surface area (Å²) in [7, 11) is 0. The number of piperidine rings is 1.